The highest BCUT2D eigenvalue weighted by atomic mass is 35.5. The van der Waals surface area contributed by atoms with Gasteiger partial charge in [0.25, 0.3) is 0 Å². The molecule has 0 aliphatic carbocycles. The number of nitro groups is 1. The van der Waals surface area contributed by atoms with Crippen molar-refractivity contribution in [3.8, 4) is 0 Å². The molecule has 2 aromatic heterocycles. The van der Waals surface area contributed by atoms with Crippen LogP contribution in [-0.2, 0) is 6.54 Å². The molecule has 2 aromatic rings. The van der Waals surface area contributed by atoms with E-state index in [0.29, 0.717) is 6.54 Å². The Morgan fingerprint density at radius 1 is 1.47 bits per heavy atom. The van der Waals surface area contributed by atoms with Crippen molar-refractivity contribution < 1.29 is 4.92 Å². The van der Waals surface area contributed by atoms with Crippen LogP contribution in [0.2, 0.25) is 5.02 Å². The first-order valence-electron chi connectivity index (χ1n) is 5.57. The van der Waals surface area contributed by atoms with E-state index in [9.17, 15) is 10.1 Å². The highest BCUT2D eigenvalue weighted by Gasteiger charge is 2.16. The second-order valence-electron chi connectivity index (χ2n) is 4.08. The van der Waals surface area contributed by atoms with Crippen LogP contribution in [0.1, 0.15) is 15.3 Å². The summed E-state index contributed by atoms with van der Waals surface area (Å²) in [6.07, 6.45) is 1.39. The minimum absolute atomic E-state index is 0.113. The third-order valence-electron chi connectivity index (χ3n) is 2.68. The van der Waals surface area contributed by atoms with Gasteiger partial charge >= 0.3 is 5.69 Å². The third kappa shape index (κ3) is 3.21. The standard InChI is InChI=1S/C12H12ClN3O2S/c1-7-3-10(19-8(7)2)6-15-12-11(16(17)18)4-9(13)5-14-12/h3-5H,6H2,1-2H3,(H,14,15). The number of aromatic nitrogens is 1. The lowest BCUT2D eigenvalue weighted by atomic mass is 10.3. The lowest BCUT2D eigenvalue weighted by Crippen LogP contribution is -2.03. The van der Waals surface area contributed by atoms with Crippen LogP contribution in [0.3, 0.4) is 0 Å². The Bertz CT molecular complexity index is 608. The Labute approximate surface area is 119 Å². The largest absolute Gasteiger partial charge is 0.359 e. The number of nitrogens with zero attached hydrogens (tertiary/aromatic N) is 2. The van der Waals surface area contributed by atoms with Crippen LogP contribution in [0.25, 0.3) is 0 Å². The number of nitrogens with one attached hydrogen (secondary N) is 1. The summed E-state index contributed by atoms with van der Waals surface area (Å²) >= 11 is 7.37. The predicted molar refractivity (Wildman–Crippen MR) is 77.0 cm³/mol. The number of hydrogen-bond donors (Lipinski definition) is 1. The fourth-order valence-electron chi connectivity index (χ4n) is 1.61. The Morgan fingerprint density at radius 2 is 2.21 bits per heavy atom. The molecular weight excluding hydrogens is 286 g/mol. The van der Waals surface area contributed by atoms with Gasteiger partial charge in [0.15, 0.2) is 0 Å². The summed E-state index contributed by atoms with van der Waals surface area (Å²) in [6, 6.07) is 3.36. The van der Waals surface area contributed by atoms with Crippen LogP contribution >= 0.6 is 22.9 Å². The Morgan fingerprint density at radius 3 is 2.79 bits per heavy atom. The molecule has 0 saturated heterocycles. The number of hydrogen-bond acceptors (Lipinski definition) is 5. The zero-order chi connectivity index (χ0) is 14.0. The Hall–Kier alpha value is -1.66. The summed E-state index contributed by atoms with van der Waals surface area (Å²) in [4.78, 5) is 16.7. The van der Waals surface area contributed by atoms with Gasteiger partial charge in [0.1, 0.15) is 0 Å². The summed E-state index contributed by atoms with van der Waals surface area (Å²) in [6.45, 7) is 4.60. The zero-order valence-electron chi connectivity index (χ0n) is 10.4. The first kappa shape index (κ1) is 13.8. The number of rotatable bonds is 4. The topological polar surface area (TPSA) is 68.1 Å². The molecule has 0 aliphatic rings. The molecule has 0 bridgehead atoms. The maximum absolute atomic E-state index is 10.9. The molecule has 0 spiro atoms. The van der Waals surface area contributed by atoms with Gasteiger partial charge in [-0.2, -0.15) is 0 Å². The highest BCUT2D eigenvalue weighted by Crippen LogP contribution is 2.27. The van der Waals surface area contributed by atoms with Crippen molar-refractivity contribution in [2.45, 2.75) is 20.4 Å². The maximum atomic E-state index is 10.9. The number of pyridine rings is 1. The van der Waals surface area contributed by atoms with Crippen LogP contribution in [-0.4, -0.2) is 9.91 Å². The molecule has 2 rings (SSSR count). The first-order chi connectivity index (χ1) is 8.97. The van der Waals surface area contributed by atoms with E-state index in [2.05, 4.69) is 16.4 Å². The number of anilines is 1. The third-order valence-corrected chi connectivity index (χ3v) is 4.04. The van der Waals surface area contributed by atoms with Crippen molar-refractivity contribution in [1.29, 1.82) is 0 Å². The second-order valence-corrected chi connectivity index (χ2v) is 5.86. The normalized spacial score (nSPS) is 10.5. The molecule has 0 unspecified atom stereocenters. The molecule has 100 valence electrons. The van der Waals surface area contributed by atoms with Crippen LogP contribution < -0.4 is 5.32 Å². The van der Waals surface area contributed by atoms with E-state index in [1.54, 1.807) is 11.3 Å². The zero-order valence-corrected chi connectivity index (χ0v) is 12.0. The summed E-state index contributed by atoms with van der Waals surface area (Å²) < 4.78 is 0. The molecule has 7 heteroatoms. The minimum atomic E-state index is -0.494. The fraction of sp³-hybridized carbons (Fsp3) is 0.250. The van der Waals surface area contributed by atoms with Gasteiger partial charge in [0, 0.05) is 22.0 Å². The van der Waals surface area contributed by atoms with Crippen LogP contribution in [0.4, 0.5) is 11.5 Å². The molecule has 0 aromatic carbocycles. The lowest BCUT2D eigenvalue weighted by molar-refractivity contribution is -0.384. The van der Waals surface area contributed by atoms with Crippen molar-refractivity contribution in [3.05, 3.63) is 48.8 Å². The summed E-state index contributed by atoms with van der Waals surface area (Å²) in [5.41, 5.74) is 1.11. The SMILES string of the molecule is Cc1cc(CNc2ncc(Cl)cc2[N+](=O)[O-])sc1C. The van der Waals surface area contributed by atoms with Gasteiger partial charge in [-0.15, -0.1) is 11.3 Å². The quantitative estimate of drug-likeness (QED) is 0.685. The molecule has 0 amide bonds. The van der Waals surface area contributed by atoms with E-state index in [-0.39, 0.29) is 16.5 Å². The maximum Gasteiger partial charge on any atom is 0.312 e. The van der Waals surface area contributed by atoms with E-state index in [0.717, 1.165) is 4.88 Å². The summed E-state index contributed by atoms with van der Waals surface area (Å²) in [5, 5.41) is 14.1. The Kier molecular flexibility index (Phi) is 4.01. The van der Waals surface area contributed by atoms with E-state index in [1.165, 1.54) is 22.7 Å². The smallest absolute Gasteiger partial charge is 0.312 e. The second kappa shape index (κ2) is 5.54. The lowest BCUT2D eigenvalue weighted by Gasteiger charge is -2.04. The monoisotopic (exact) mass is 297 g/mol. The minimum Gasteiger partial charge on any atom is -0.359 e. The molecule has 5 nitrogen and oxygen atoms in total. The van der Waals surface area contributed by atoms with E-state index < -0.39 is 4.92 Å². The van der Waals surface area contributed by atoms with E-state index in [4.69, 9.17) is 11.6 Å². The van der Waals surface area contributed by atoms with Crippen LogP contribution in [0.5, 0.6) is 0 Å². The number of aryl methyl sites for hydroxylation is 2. The number of thiophene rings is 1. The summed E-state index contributed by atoms with van der Waals surface area (Å²) in [5.74, 6) is 0.234. The van der Waals surface area contributed by atoms with Crippen molar-refractivity contribution >= 4 is 34.4 Å². The molecular formula is C12H12ClN3O2S. The van der Waals surface area contributed by atoms with Gasteiger partial charge in [-0.1, -0.05) is 11.6 Å². The molecule has 2 heterocycles. The molecule has 19 heavy (non-hydrogen) atoms. The fourth-order valence-corrected chi connectivity index (χ4v) is 2.76. The van der Waals surface area contributed by atoms with Crippen LogP contribution in [0, 0.1) is 24.0 Å². The van der Waals surface area contributed by atoms with Gasteiger partial charge < -0.3 is 5.32 Å². The van der Waals surface area contributed by atoms with Crippen LogP contribution in [0.15, 0.2) is 18.3 Å². The molecule has 0 aliphatic heterocycles. The number of halogens is 1. The molecule has 1 N–H and O–H groups in total. The van der Waals surface area contributed by atoms with Crippen molar-refractivity contribution in [1.82, 2.24) is 4.98 Å². The van der Waals surface area contributed by atoms with Crippen molar-refractivity contribution in [2.75, 3.05) is 5.32 Å². The average Bonchev–Trinajstić information content (AvgIpc) is 2.67. The van der Waals surface area contributed by atoms with Crippen molar-refractivity contribution in [2.24, 2.45) is 0 Å². The van der Waals surface area contributed by atoms with Gasteiger partial charge in [-0.3, -0.25) is 10.1 Å². The summed E-state index contributed by atoms with van der Waals surface area (Å²) in [7, 11) is 0. The van der Waals surface area contributed by atoms with E-state index >= 15 is 0 Å². The van der Waals surface area contributed by atoms with Gasteiger partial charge in [-0.05, 0) is 25.5 Å². The Balaban J connectivity index is 2.17. The highest BCUT2D eigenvalue weighted by molar-refractivity contribution is 7.12. The van der Waals surface area contributed by atoms with Gasteiger partial charge in [-0.25, -0.2) is 4.98 Å². The molecule has 0 fully saturated rings. The van der Waals surface area contributed by atoms with Crippen molar-refractivity contribution in [3.63, 3.8) is 0 Å². The molecule has 0 atom stereocenters. The predicted octanol–water partition coefficient (Wildman–Crippen LogP) is 3.93. The average molecular weight is 298 g/mol. The first-order valence-corrected chi connectivity index (χ1v) is 6.76. The van der Waals surface area contributed by atoms with E-state index in [1.807, 2.05) is 13.8 Å². The molecule has 0 saturated carbocycles. The molecule has 0 radical (unpaired) electrons. The van der Waals surface area contributed by atoms with Gasteiger partial charge in [0.2, 0.25) is 5.82 Å². The van der Waals surface area contributed by atoms with Gasteiger partial charge in [0.05, 0.1) is 16.5 Å².